The SMILES string of the molecule is CC1C=CC=CC2=C1C(=[Si](C)C)C(C)(C)[C]2(C1=CC=CC1)[Hf]([I])[I]. The molecule has 0 saturated carbocycles. The van der Waals surface area contributed by atoms with Crippen LogP contribution >= 0.6 is 36.3 Å². The summed E-state index contributed by atoms with van der Waals surface area (Å²) in [5.74, 6) is 0.541. The molecule has 0 aromatic carbocycles. The molecule has 3 rings (SSSR count). The van der Waals surface area contributed by atoms with Gasteiger partial charge in [0.25, 0.3) is 0 Å². The van der Waals surface area contributed by atoms with Crippen LogP contribution < -0.4 is 0 Å². The van der Waals surface area contributed by atoms with Crippen LogP contribution in [0.25, 0.3) is 0 Å². The summed E-state index contributed by atoms with van der Waals surface area (Å²) in [5.41, 5.74) is 5.35. The van der Waals surface area contributed by atoms with Gasteiger partial charge in [-0.1, -0.05) is 0 Å². The van der Waals surface area contributed by atoms with Gasteiger partial charge in [0.05, 0.1) is 0 Å². The Bertz CT molecular complexity index is 746. The van der Waals surface area contributed by atoms with Gasteiger partial charge < -0.3 is 0 Å². The Morgan fingerprint density at radius 3 is 2.42 bits per heavy atom. The molecule has 0 spiro atoms. The summed E-state index contributed by atoms with van der Waals surface area (Å²) in [6.07, 6.45) is 17.7. The van der Waals surface area contributed by atoms with Gasteiger partial charge in [-0.2, -0.15) is 0 Å². The number of rotatable bonds is 2. The minimum atomic E-state index is -1.92. The second-order valence-corrected chi connectivity index (χ2v) is 49.3. The van der Waals surface area contributed by atoms with Gasteiger partial charge in [-0.05, 0) is 0 Å². The first-order chi connectivity index (χ1) is 11.3. The van der Waals surface area contributed by atoms with E-state index in [0.29, 0.717) is 9.09 Å². The van der Waals surface area contributed by atoms with Gasteiger partial charge in [-0.25, -0.2) is 0 Å². The van der Waals surface area contributed by atoms with Crippen LogP contribution in [-0.4, -0.2) is 13.6 Å². The van der Waals surface area contributed by atoms with Gasteiger partial charge in [0.15, 0.2) is 0 Å². The fraction of sp³-hybridized carbons (Fsp3) is 0.450. The summed E-state index contributed by atoms with van der Waals surface area (Å²) in [4.78, 5) is 0. The van der Waals surface area contributed by atoms with Gasteiger partial charge in [-0.3, -0.25) is 0 Å². The maximum absolute atomic E-state index is 2.89. The fourth-order valence-electron chi connectivity index (χ4n) is 5.02. The van der Waals surface area contributed by atoms with E-state index in [-0.39, 0.29) is 5.41 Å². The summed E-state index contributed by atoms with van der Waals surface area (Å²) in [6, 6.07) is 0. The van der Waals surface area contributed by atoms with Gasteiger partial charge >= 0.3 is 177 Å². The standard InChI is InChI=1S/C20H25Si.Hf.2HI/c1-14-10-6-9-13-16-17(14)19(21(4)5)20(2,3)18(16)15-11-7-8-12-15;;;/h6-11,13-14H,12H2,1-5H3;;2*1H/q;+2;;/p-2. The summed E-state index contributed by atoms with van der Waals surface area (Å²) in [6.45, 7) is 12.5. The minimum absolute atomic E-state index is 0.265. The molecule has 0 radical (unpaired) electrons. The van der Waals surface area contributed by atoms with Crippen molar-refractivity contribution < 1.29 is 13.1 Å². The molecule has 3 aliphatic rings. The molecule has 0 bridgehead atoms. The third-order valence-corrected chi connectivity index (χ3v) is 27.3. The Labute approximate surface area is 174 Å². The van der Waals surface area contributed by atoms with E-state index in [0.717, 1.165) is 6.42 Å². The molecule has 0 fully saturated rings. The molecule has 24 heavy (non-hydrogen) atoms. The Kier molecular flexibility index (Phi) is 6.01. The van der Waals surface area contributed by atoms with Crippen molar-refractivity contribution in [3.63, 3.8) is 0 Å². The van der Waals surface area contributed by atoms with Gasteiger partial charge in [0.2, 0.25) is 0 Å². The van der Waals surface area contributed by atoms with Crippen molar-refractivity contribution in [2.75, 3.05) is 0 Å². The Morgan fingerprint density at radius 2 is 1.88 bits per heavy atom. The van der Waals surface area contributed by atoms with E-state index in [1.165, 1.54) is 0 Å². The number of halogens is 2. The molecule has 0 aromatic heterocycles. The van der Waals surface area contributed by atoms with Crippen molar-refractivity contribution in [2.24, 2.45) is 11.3 Å². The molecule has 0 N–H and O–H groups in total. The molecule has 0 amide bonds. The molecule has 0 saturated heterocycles. The van der Waals surface area contributed by atoms with E-state index in [4.69, 9.17) is 0 Å². The van der Waals surface area contributed by atoms with Crippen LogP contribution in [0.15, 0.2) is 59.3 Å². The van der Waals surface area contributed by atoms with E-state index < -0.39 is 21.5 Å². The van der Waals surface area contributed by atoms with Crippen LogP contribution in [0.4, 0.5) is 0 Å². The van der Waals surface area contributed by atoms with E-state index in [1.54, 1.807) is 16.7 Å². The van der Waals surface area contributed by atoms with Crippen molar-refractivity contribution in [1.29, 1.82) is 0 Å². The van der Waals surface area contributed by atoms with Crippen LogP contribution in [0.1, 0.15) is 27.2 Å². The van der Waals surface area contributed by atoms with Crippen molar-refractivity contribution in [3.8, 4) is 0 Å². The molecular formula is C20H25HfI2Si. The molecule has 4 heteroatoms. The molecule has 2 atom stereocenters. The summed E-state index contributed by atoms with van der Waals surface area (Å²) in [5, 5.41) is 1.81. The van der Waals surface area contributed by atoms with E-state index >= 15 is 0 Å². The average Bonchev–Trinajstić information content (AvgIpc) is 3.01. The second-order valence-electron chi connectivity index (χ2n) is 7.69. The van der Waals surface area contributed by atoms with Crippen molar-refractivity contribution >= 4 is 49.9 Å². The predicted molar refractivity (Wildman–Crippen MR) is 123 cm³/mol. The van der Waals surface area contributed by atoms with Crippen molar-refractivity contribution in [1.82, 2.24) is 0 Å². The number of hydrogen-bond acceptors (Lipinski definition) is 0. The molecule has 127 valence electrons. The third-order valence-electron chi connectivity index (χ3n) is 5.79. The maximum atomic E-state index is 2.89. The second kappa shape index (κ2) is 7.27. The molecule has 0 aromatic rings. The molecule has 2 unspecified atom stereocenters. The monoisotopic (exact) mass is 727 g/mol. The van der Waals surface area contributed by atoms with E-state index in [2.05, 4.69) is 113 Å². The zero-order chi connectivity index (χ0) is 17.7. The molecule has 0 heterocycles. The van der Waals surface area contributed by atoms with Gasteiger partial charge in [0, 0.05) is 0 Å². The van der Waals surface area contributed by atoms with Gasteiger partial charge in [0.1, 0.15) is 0 Å². The van der Waals surface area contributed by atoms with Crippen LogP contribution in [-0.2, 0) is 13.1 Å². The zero-order valence-corrected chi connectivity index (χ0v) is 24.0. The topological polar surface area (TPSA) is 0 Å². The summed E-state index contributed by atoms with van der Waals surface area (Å²) >= 11 is 3.87. The number of allylic oxidation sites excluding steroid dienone is 10. The van der Waals surface area contributed by atoms with Crippen LogP contribution in [0.5, 0.6) is 0 Å². The first kappa shape index (κ1) is 19.9. The zero-order valence-electron chi connectivity index (χ0n) is 15.1. The molecule has 0 aliphatic heterocycles. The molecule has 0 nitrogen and oxygen atoms in total. The van der Waals surface area contributed by atoms with Crippen molar-refractivity contribution in [3.05, 3.63) is 59.3 Å². The van der Waals surface area contributed by atoms with Crippen LogP contribution in [0, 0.1) is 11.3 Å². The van der Waals surface area contributed by atoms with Crippen LogP contribution in [0.3, 0.4) is 0 Å². The molecule has 3 aliphatic carbocycles. The Morgan fingerprint density at radius 1 is 1.17 bits per heavy atom. The third kappa shape index (κ3) is 2.75. The predicted octanol–water partition coefficient (Wildman–Crippen LogP) is 6.96. The quantitative estimate of drug-likeness (QED) is 0.214. The fourth-order valence-corrected chi connectivity index (χ4v) is 34.5. The molecular weight excluding hydrogens is 701 g/mol. The van der Waals surface area contributed by atoms with Crippen molar-refractivity contribution in [2.45, 2.75) is 43.5 Å². The van der Waals surface area contributed by atoms with E-state index in [1.807, 2.05) is 5.17 Å². The normalized spacial score (nSPS) is 30.5. The Balaban J connectivity index is 2.42. The summed E-state index contributed by atoms with van der Waals surface area (Å²) in [7, 11) is -0.497. The first-order valence-corrected chi connectivity index (χ1v) is 33.3. The van der Waals surface area contributed by atoms with Crippen LogP contribution in [0.2, 0.25) is 16.3 Å². The first-order valence-electron chi connectivity index (χ1n) is 8.58. The Hall–Kier alpha value is 1.12. The van der Waals surface area contributed by atoms with Gasteiger partial charge in [-0.15, -0.1) is 0 Å². The number of hydrogen-bond donors (Lipinski definition) is 0. The average molecular weight is 726 g/mol. The summed E-state index contributed by atoms with van der Waals surface area (Å²) < 4.78 is 0.311. The van der Waals surface area contributed by atoms with E-state index in [9.17, 15) is 0 Å².